The number of alkyl halides is 2. The normalized spacial score (nSPS) is 25.8. The molecule has 0 atom stereocenters. The Morgan fingerprint density at radius 3 is 1.85 bits per heavy atom. The lowest BCUT2D eigenvalue weighted by Crippen LogP contribution is -2.18. The third-order valence-electron chi connectivity index (χ3n) is 8.13. The number of rotatable bonds is 12. The van der Waals surface area contributed by atoms with Gasteiger partial charge in [0.2, 0.25) is 0 Å². The monoisotopic (exact) mass is 482 g/mol. The van der Waals surface area contributed by atoms with E-state index < -0.39 is 24.0 Å². The average molecular weight is 483 g/mol. The number of unbranched alkanes of at least 4 members (excludes halogenated alkanes) is 2. The minimum atomic E-state index is -3.24. The van der Waals surface area contributed by atoms with Crippen molar-refractivity contribution in [1.29, 1.82) is 0 Å². The second kappa shape index (κ2) is 14.1. The van der Waals surface area contributed by atoms with Crippen molar-refractivity contribution in [1.82, 2.24) is 0 Å². The van der Waals surface area contributed by atoms with Crippen LogP contribution >= 0.6 is 0 Å². The number of allylic oxidation sites excluding steroid dienone is 2. The molecule has 0 unspecified atom stereocenters. The van der Waals surface area contributed by atoms with E-state index in [0.29, 0.717) is 11.5 Å². The molecule has 0 aliphatic heterocycles. The molecule has 2 aliphatic carbocycles. The Kier molecular flexibility index (Phi) is 11.3. The molecular weight excluding hydrogens is 440 g/mol. The second-order valence-corrected chi connectivity index (χ2v) is 10.5. The molecule has 0 N–H and O–H groups in total. The van der Waals surface area contributed by atoms with Gasteiger partial charge in [0.05, 0.1) is 0 Å². The van der Waals surface area contributed by atoms with E-state index in [9.17, 15) is 17.6 Å². The van der Waals surface area contributed by atoms with Gasteiger partial charge in [-0.25, -0.2) is 8.78 Å². The summed E-state index contributed by atoms with van der Waals surface area (Å²) in [5, 5.41) is 0. The summed E-state index contributed by atoms with van der Waals surface area (Å²) in [6.07, 6.45) is 23.1. The first-order chi connectivity index (χ1) is 16.5. The van der Waals surface area contributed by atoms with Gasteiger partial charge in [-0.1, -0.05) is 70.4 Å². The van der Waals surface area contributed by atoms with Crippen LogP contribution in [0.1, 0.15) is 115 Å². The molecule has 1 aromatic carbocycles. The van der Waals surface area contributed by atoms with Crippen molar-refractivity contribution < 1.29 is 22.3 Å². The first-order valence-corrected chi connectivity index (χ1v) is 13.5. The lowest BCUT2D eigenvalue weighted by molar-refractivity contribution is -0.0546. The molecule has 2 saturated carbocycles. The van der Waals surface area contributed by atoms with Gasteiger partial charge in [-0.2, -0.15) is 8.78 Å². The summed E-state index contributed by atoms with van der Waals surface area (Å²) in [5.41, 5.74) is 0.565. The van der Waals surface area contributed by atoms with Crippen LogP contribution in [-0.2, 0) is 0 Å². The van der Waals surface area contributed by atoms with Crippen molar-refractivity contribution in [3.05, 3.63) is 41.5 Å². The summed E-state index contributed by atoms with van der Waals surface area (Å²) >= 11 is 0. The number of hydrogen-bond donors (Lipinski definition) is 0. The molecule has 34 heavy (non-hydrogen) atoms. The van der Waals surface area contributed by atoms with Crippen molar-refractivity contribution in [2.24, 2.45) is 17.8 Å². The summed E-state index contributed by atoms with van der Waals surface area (Å²) in [5.74, 6) is -0.476. The quantitative estimate of drug-likeness (QED) is 0.164. The van der Waals surface area contributed by atoms with Crippen molar-refractivity contribution in [3.8, 4) is 5.75 Å². The van der Waals surface area contributed by atoms with Crippen molar-refractivity contribution >= 4 is 0 Å². The summed E-state index contributed by atoms with van der Waals surface area (Å²) in [7, 11) is 0. The fraction of sp³-hybridized carbons (Fsp3) is 0.724. The highest BCUT2D eigenvalue weighted by atomic mass is 19.3. The van der Waals surface area contributed by atoms with Crippen molar-refractivity contribution in [2.45, 2.75) is 116 Å². The van der Waals surface area contributed by atoms with Crippen LogP contribution in [0.15, 0.2) is 24.3 Å². The fourth-order valence-corrected chi connectivity index (χ4v) is 6.06. The van der Waals surface area contributed by atoms with Crippen LogP contribution in [0.4, 0.5) is 17.6 Å². The third kappa shape index (κ3) is 8.61. The maximum atomic E-state index is 14.1. The molecule has 0 amide bonds. The predicted molar refractivity (Wildman–Crippen MR) is 130 cm³/mol. The second-order valence-electron chi connectivity index (χ2n) is 10.5. The molecular formula is C29H42F4O. The molecule has 192 valence electrons. The molecule has 2 fully saturated rings. The molecule has 2 aliphatic rings. The van der Waals surface area contributed by atoms with Gasteiger partial charge >= 0.3 is 6.61 Å². The maximum absolute atomic E-state index is 14.1. The first kappa shape index (κ1) is 27.1. The summed E-state index contributed by atoms with van der Waals surface area (Å²) < 4.78 is 56.8. The zero-order valence-electron chi connectivity index (χ0n) is 20.7. The van der Waals surface area contributed by atoms with E-state index in [0.717, 1.165) is 43.9 Å². The van der Waals surface area contributed by atoms with E-state index in [2.05, 4.69) is 23.8 Å². The van der Waals surface area contributed by atoms with Crippen LogP contribution in [0.2, 0.25) is 0 Å². The van der Waals surface area contributed by atoms with Crippen LogP contribution in [0.25, 0.3) is 0 Å². The van der Waals surface area contributed by atoms with E-state index in [1.54, 1.807) is 0 Å². The highest BCUT2D eigenvalue weighted by Gasteiger charge is 2.27. The summed E-state index contributed by atoms with van der Waals surface area (Å²) in [6.45, 7) is -1.05. The summed E-state index contributed by atoms with van der Waals surface area (Å²) in [6, 6.07) is 2.35. The number of ether oxygens (including phenoxy) is 1. The molecule has 0 radical (unpaired) electrons. The predicted octanol–water partition coefficient (Wildman–Crippen LogP) is 9.95. The van der Waals surface area contributed by atoms with Crippen LogP contribution in [0.3, 0.4) is 0 Å². The highest BCUT2D eigenvalue weighted by molar-refractivity contribution is 5.33. The zero-order valence-corrected chi connectivity index (χ0v) is 20.7. The maximum Gasteiger partial charge on any atom is 0.387 e. The number of halogens is 4. The topological polar surface area (TPSA) is 9.23 Å². The van der Waals surface area contributed by atoms with Gasteiger partial charge in [0, 0.05) is 0 Å². The molecule has 0 bridgehead atoms. The van der Waals surface area contributed by atoms with Crippen LogP contribution in [-0.4, -0.2) is 6.61 Å². The Balaban J connectivity index is 1.32. The van der Waals surface area contributed by atoms with Gasteiger partial charge in [-0.3, -0.25) is 0 Å². The SMILES string of the molecule is CC/C=C/CCCC[C@H]1CC[C@H](CC[C@H]2CC[C@H](c3cc(F)c(OC(F)F)c(F)c3)CC2)CC1. The third-order valence-corrected chi connectivity index (χ3v) is 8.13. The van der Waals surface area contributed by atoms with Crippen LogP contribution in [0, 0.1) is 29.4 Å². The van der Waals surface area contributed by atoms with Gasteiger partial charge in [-0.15, -0.1) is 0 Å². The van der Waals surface area contributed by atoms with Gasteiger partial charge in [0.1, 0.15) is 0 Å². The molecule has 1 aromatic rings. The lowest BCUT2D eigenvalue weighted by Gasteiger charge is -2.32. The largest absolute Gasteiger partial charge is 0.429 e. The molecule has 3 rings (SSSR count). The van der Waals surface area contributed by atoms with Gasteiger partial charge < -0.3 is 4.74 Å². The standard InChI is InChI=1S/C29H42F4O/c1-2-3-4-5-6-7-8-21-9-11-22(12-10-21)13-14-23-15-17-24(18-16-23)25-19-26(30)28(27(31)20-25)34-29(32)33/h3-4,19-24,29H,2,5-18H2,1H3/b4-3+/t21-,22-,23-,24-. The molecule has 0 aromatic heterocycles. The van der Waals surface area contributed by atoms with E-state index in [4.69, 9.17) is 0 Å². The van der Waals surface area contributed by atoms with Gasteiger partial charge in [-0.05, 0) is 86.3 Å². The fourth-order valence-electron chi connectivity index (χ4n) is 6.06. The minimum absolute atomic E-state index is 0.0914. The van der Waals surface area contributed by atoms with Crippen LogP contribution < -0.4 is 4.74 Å². The Bertz CT molecular complexity index is 723. The minimum Gasteiger partial charge on any atom is -0.429 e. The molecule has 0 saturated heterocycles. The smallest absolute Gasteiger partial charge is 0.387 e. The van der Waals surface area contributed by atoms with E-state index >= 15 is 0 Å². The van der Waals surface area contributed by atoms with Gasteiger partial charge in [0.25, 0.3) is 0 Å². The highest BCUT2D eigenvalue weighted by Crippen LogP contribution is 2.41. The average Bonchev–Trinajstić information content (AvgIpc) is 2.83. The number of hydrogen-bond acceptors (Lipinski definition) is 1. The van der Waals surface area contributed by atoms with E-state index in [-0.39, 0.29) is 5.92 Å². The Morgan fingerprint density at radius 1 is 0.794 bits per heavy atom. The van der Waals surface area contributed by atoms with E-state index in [1.807, 2.05) is 0 Å². The van der Waals surface area contributed by atoms with Crippen molar-refractivity contribution in [3.63, 3.8) is 0 Å². The number of benzene rings is 1. The molecule has 1 nitrogen and oxygen atoms in total. The Labute approximate surface area is 203 Å². The Hall–Kier alpha value is -1.52. The molecule has 5 heteroatoms. The van der Waals surface area contributed by atoms with Crippen molar-refractivity contribution in [2.75, 3.05) is 0 Å². The molecule has 0 heterocycles. The van der Waals surface area contributed by atoms with Gasteiger partial charge in [0.15, 0.2) is 17.4 Å². The summed E-state index contributed by atoms with van der Waals surface area (Å²) in [4.78, 5) is 0. The zero-order chi connectivity index (χ0) is 24.3. The first-order valence-electron chi connectivity index (χ1n) is 13.5. The van der Waals surface area contributed by atoms with Crippen LogP contribution in [0.5, 0.6) is 5.75 Å². The Morgan fingerprint density at radius 2 is 1.32 bits per heavy atom. The van der Waals surface area contributed by atoms with E-state index in [1.165, 1.54) is 76.3 Å². The molecule has 0 spiro atoms. The lowest BCUT2D eigenvalue weighted by atomic mass is 9.74.